The molecule has 0 aliphatic heterocycles. The van der Waals surface area contributed by atoms with E-state index in [1.165, 1.54) is 0 Å². The fourth-order valence-electron chi connectivity index (χ4n) is 2.00. The normalized spacial score (nSPS) is 11.6. The molecule has 2 aromatic rings. The Morgan fingerprint density at radius 2 is 1.80 bits per heavy atom. The van der Waals surface area contributed by atoms with Crippen molar-refractivity contribution >= 4 is 21.4 Å². The Morgan fingerprint density at radius 3 is 2.35 bits per heavy atom. The number of benzene rings is 1. The van der Waals surface area contributed by atoms with E-state index in [1.807, 2.05) is 6.92 Å². The van der Waals surface area contributed by atoms with Gasteiger partial charge in [-0.3, -0.25) is 4.72 Å². The third-order valence-electron chi connectivity index (χ3n) is 3.09. The summed E-state index contributed by atoms with van der Waals surface area (Å²) in [6.07, 6.45) is 0. The lowest BCUT2D eigenvalue weighted by Crippen LogP contribution is -2.15. The minimum atomic E-state index is -3.73. The number of nitrogen functional groups attached to an aromatic ring is 1. The first-order valence-electron chi connectivity index (χ1n) is 6.05. The van der Waals surface area contributed by atoms with Crippen molar-refractivity contribution in [3.8, 4) is 0 Å². The van der Waals surface area contributed by atoms with E-state index in [2.05, 4.69) is 9.88 Å². The van der Waals surface area contributed by atoms with Crippen LogP contribution in [0.2, 0.25) is 0 Å². The second-order valence-corrected chi connectivity index (χ2v) is 6.40. The molecule has 0 atom stereocenters. The summed E-state index contributed by atoms with van der Waals surface area (Å²) in [4.78, 5) is 0.0754. The third-order valence-corrected chi connectivity index (χ3v) is 4.70. The highest BCUT2D eigenvalue weighted by Crippen LogP contribution is 2.26. The number of nitrogens with one attached hydrogen (secondary N) is 1. The van der Waals surface area contributed by atoms with Crippen molar-refractivity contribution in [1.82, 2.24) is 5.16 Å². The summed E-state index contributed by atoms with van der Waals surface area (Å²) >= 11 is 0. The summed E-state index contributed by atoms with van der Waals surface area (Å²) in [6.45, 7) is 6.77. The molecular weight excluding hydrogens is 278 g/mol. The zero-order valence-corrected chi connectivity index (χ0v) is 12.6. The number of hydrogen-bond donors (Lipinski definition) is 2. The average Bonchev–Trinajstić information content (AvgIpc) is 2.66. The standard InChI is InChI=1S/C13H17N3O3S/c1-7-6-12(8(2)5-11(7)14)16-20(17,18)13-9(3)15-19-10(13)4/h5-6,16H,14H2,1-4H3. The Kier molecular flexibility index (Phi) is 3.47. The number of nitrogens with two attached hydrogens (primary N) is 1. The Bertz CT molecular complexity index is 744. The Labute approximate surface area is 118 Å². The molecule has 0 spiro atoms. The van der Waals surface area contributed by atoms with Gasteiger partial charge in [-0.2, -0.15) is 0 Å². The molecule has 0 bridgehead atoms. The molecule has 0 saturated carbocycles. The second-order valence-electron chi connectivity index (χ2n) is 4.78. The van der Waals surface area contributed by atoms with Crippen molar-refractivity contribution in [3.63, 3.8) is 0 Å². The fraction of sp³-hybridized carbons (Fsp3) is 0.308. The van der Waals surface area contributed by atoms with Crippen LogP contribution in [0.4, 0.5) is 11.4 Å². The fourth-order valence-corrected chi connectivity index (χ4v) is 3.46. The van der Waals surface area contributed by atoms with Crippen LogP contribution in [-0.4, -0.2) is 13.6 Å². The molecule has 2 rings (SSSR count). The van der Waals surface area contributed by atoms with Gasteiger partial charge in [-0.15, -0.1) is 0 Å². The van der Waals surface area contributed by atoms with Gasteiger partial charge < -0.3 is 10.3 Å². The average molecular weight is 295 g/mol. The van der Waals surface area contributed by atoms with E-state index >= 15 is 0 Å². The van der Waals surface area contributed by atoms with Crippen LogP contribution < -0.4 is 10.5 Å². The molecule has 0 saturated heterocycles. The van der Waals surface area contributed by atoms with E-state index in [-0.39, 0.29) is 10.7 Å². The molecule has 0 aliphatic rings. The molecule has 0 radical (unpaired) electrons. The number of rotatable bonds is 3. The summed E-state index contributed by atoms with van der Waals surface area (Å²) in [6, 6.07) is 3.45. The largest absolute Gasteiger partial charge is 0.399 e. The maximum atomic E-state index is 12.4. The van der Waals surface area contributed by atoms with Crippen molar-refractivity contribution in [1.29, 1.82) is 0 Å². The molecule has 3 N–H and O–H groups in total. The minimum Gasteiger partial charge on any atom is -0.399 e. The molecule has 1 heterocycles. The summed E-state index contributed by atoms with van der Waals surface area (Å²) in [5.41, 5.74) is 8.82. The lowest BCUT2D eigenvalue weighted by atomic mass is 10.1. The number of nitrogens with zero attached hydrogens (tertiary/aromatic N) is 1. The minimum absolute atomic E-state index is 0.0754. The Hall–Kier alpha value is -2.02. The van der Waals surface area contributed by atoms with Crippen molar-refractivity contribution < 1.29 is 12.9 Å². The summed E-state index contributed by atoms with van der Waals surface area (Å²) in [5.74, 6) is 0.264. The zero-order chi connectivity index (χ0) is 15.1. The van der Waals surface area contributed by atoms with Gasteiger partial charge in [-0.05, 0) is 51.0 Å². The van der Waals surface area contributed by atoms with Crippen LogP contribution in [0.25, 0.3) is 0 Å². The molecule has 0 aliphatic carbocycles. The number of aromatic nitrogens is 1. The lowest BCUT2D eigenvalue weighted by molar-refractivity contribution is 0.390. The zero-order valence-electron chi connectivity index (χ0n) is 11.8. The van der Waals surface area contributed by atoms with Crippen molar-refractivity contribution in [2.24, 2.45) is 0 Å². The van der Waals surface area contributed by atoms with Crippen molar-refractivity contribution in [3.05, 3.63) is 34.7 Å². The maximum Gasteiger partial charge on any atom is 0.267 e. The third kappa shape index (κ3) is 2.49. The van der Waals surface area contributed by atoms with Gasteiger partial charge in [-0.25, -0.2) is 8.42 Å². The molecule has 108 valence electrons. The predicted octanol–water partition coefficient (Wildman–Crippen LogP) is 2.29. The van der Waals surface area contributed by atoms with Gasteiger partial charge in [-0.1, -0.05) is 5.16 Å². The second kappa shape index (κ2) is 4.82. The van der Waals surface area contributed by atoms with Gasteiger partial charge in [0.15, 0.2) is 10.7 Å². The Balaban J connectivity index is 2.47. The van der Waals surface area contributed by atoms with Gasteiger partial charge in [0.1, 0.15) is 5.69 Å². The van der Waals surface area contributed by atoms with E-state index in [9.17, 15) is 8.42 Å². The topological polar surface area (TPSA) is 98.2 Å². The van der Waals surface area contributed by atoms with Gasteiger partial charge in [0.25, 0.3) is 10.0 Å². The van der Waals surface area contributed by atoms with Gasteiger partial charge in [0, 0.05) is 5.69 Å². The lowest BCUT2D eigenvalue weighted by Gasteiger charge is -2.12. The molecule has 0 amide bonds. The summed E-state index contributed by atoms with van der Waals surface area (Å²) in [7, 11) is -3.73. The van der Waals surface area contributed by atoms with E-state index in [1.54, 1.807) is 32.9 Å². The van der Waals surface area contributed by atoms with E-state index < -0.39 is 10.0 Å². The van der Waals surface area contributed by atoms with Crippen molar-refractivity contribution in [2.75, 3.05) is 10.5 Å². The van der Waals surface area contributed by atoms with Crippen LogP contribution in [-0.2, 0) is 10.0 Å². The number of aryl methyl sites for hydroxylation is 4. The predicted molar refractivity (Wildman–Crippen MR) is 77.1 cm³/mol. The highest BCUT2D eigenvalue weighted by molar-refractivity contribution is 7.92. The molecule has 1 aromatic carbocycles. The first-order chi connectivity index (χ1) is 9.22. The van der Waals surface area contributed by atoms with Crippen molar-refractivity contribution in [2.45, 2.75) is 32.6 Å². The molecule has 20 heavy (non-hydrogen) atoms. The smallest absolute Gasteiger partial charge is 0.267 e. The Morgan fingerprint density at radius 1 is 1.15 bits per heavy atom. The van der Waals surface area contributed by atoms with Crippen LogP contribution in [0.5, 0.6) is 0 Å². The summed E-state index contributed by atoms with van der Waals surface area (Å²) < 4.78 is 32.3. The van der Waals surface area contributed by atoms with Crippen LogP contribution in [0.3, 0.4) is 0 Å². The van der Waals surface area contributed by atoms with Crippen LogP contribution in [0, 0.1) is 27.7 Å². The van der Waals surface area contributed by atoms with E-state index in [0.29, 0.717) is 17.1 Å². The highest BCUT2D eigenvalue weighted by atomic mass is 32.2. The first kappa shape index (κ1) is 14.4. The highest BCUT2D eigenvalue weighted by Gasteiger charge is 2.24. The monoisotopic (exact) mass is 295 g/mol. The number of sulfonamides is 1. The molecular formula is C13H17N3O3S. The van der Waals surface area contributed by atoms with Gasteiger partial charge >= 0.3 is 0 Å². The molecule has 6 nitrogen and oxygen atoms in total. The quantitative estimate of drug-likeness (QED) is 0.846. The van der Waals surface area contributed by atoms with Crippen LogP contribution in [0.15, 0.2) is 21.6 Å². The maximum absolute atomic E-state index is 12.4. The molecule has 1 aromatic heterocycles. The molecule has 7 heteroatoms. The molecule has 0 fully saturated rings. The number of anilines is 2. The van der Waals surface area contributed by atoms with Gasteiger partial charge in [0.2, 0.25) is 0 Å². The van der Waals surface area contributed by atoms with E-state index in [0.717, 1.165) is 11.1 Å². The summed E-state index contributed by atoms with van der Waals surface area (Å²) in [5, 5.41) is 3.66. The van der Waals surface area contributed by atoms with E-state index in [4.69, 9.17) is 10.3 Å². The van der Waals surface area contributed by atoms with Crippen LogP contribution >= 0.6 is 0 Å². The van der Waals surface area contributed by atoms with Gasteiger partial charge in [0.05, 0.1) is 5.69 Å². The SMILES string of the molecule is Cc1cc(NS(=O)(=O)c2c(C)noc2C)c(C)cc1N. The first-order valence-corrected chi connectivity index (χ1v) is 7.53. The van der Waals surface area contributed by atoms with Crippen LogP contribution in [0.1, 0.15) is 22.6 Å². The number of hydrogen-bond acceptors (Lipinski definition) is 5. The molecule has 0 unspecified atom stereocenters.